The molecule has 3 rings (SSSR count). The Balaban J connectivity index is 1.70. The topological polar surface area (TPSA) is 15.3 Å². The van der Waals surface area contributed by atoms with Gasteiger partial charge in [0.05, 0.1) is 0 Å². The van der Waals surface area contributed by atoms with Crippen LogP contribution >= 0.6 is 11.6 Å². The van der Waals surface area contributed by atoms with Gasteiger partial charge in [0.15, 0.2) is 0 Å². The van der Waals surface area contributed by atoms with Crippen LogP contribution in [0.25, 0.3) is 0 Å². The lowest BCUT2D eigenvalue weighted by atomic mass is 9.88. The van der Waals surface area contributed by atoms with E-state index in [9.17, 15) is 0 Å². The number of nitrogens with zero attached hydrogens (tertiary/aromatic N) is 1. The summed E-state index contributed by atoms with van der Waals surface area (Å²) < 4.78 is 0. The van der Waals surface area contributed by atoms with Crippen LogP contribution < -0.4 is 10.2 Å². The molecule has 2 nitrogen and oxygen atoms in total. The lowest BCUT2D eigenvalue weighted by Gasteiger charge is -2.30. The first kappa shape index (κ1) is 15.2. The highest BCUT2D eigenvalue weighted by atomic mass is 35.5. The molecule has 2 fully saturated rings. The average molecular weight is 307 g/mol. The molecule has 0 aliphatic heterocycles. The molecule has 2 bridgehead atoms. The highest BCUT2D eigenvalue weighted by Crippen LogP contribution is 2.48. The van der Waals surface area contributed by atoms with Gasteiger partial charge in [-0.1, -0.05) is 31.0 Å². The first-order valence-electron chi connectivity index (χ1n) is 8.37. The molecule has 116 valence electrons. The Labute approximate surface area is 133 Å². The fourth-order valence-electron chi connectivity index (χ4n) is 4.35. The summed E-state index contributed by atoms with van der Waals surface area (Å²) in [4.78, 5) is 2.43. The van der Waals surface area contributed by atoms with E-state index in [1.165, 1.54) is 43.5 Å². The molecular formula is C18H27ClN2. The van der Waals surface area contributed by atoms with Gasteiger partial charge in [0, 0.05) is 30.8 Å². The smallest absolute Gasteiger partial charge is 0.0426 e. The maximum atomic E-state index is 6.23. The van der Waals surface area contributed by atoms with Crippen molar-refractivity contribution in [2.75, 3.05) is 25.0 Å². The van der Waals surface area contributed by atoms with Crippen LogP contribution in [-0.2, 0) is 6.54 Å². The van der Waals surface area contributed by atoms with E-state index < -0.39 is 0 Å². The Kier molecular flexibility index (Phi) is 4.75. The summed E-state index contributed by atoms with van der Waals surface area (Å²) in [5, 5.41) is 4.27. The zero-order chi connectivity index (χ0) is 14.8. The zero-order valence-corrected chi connectivity index (χ0v) is 14.0. The van der Waals surface area contributed by atoms with Gasteiger partial charge in [-0.3, -0.25) is 0 Å². The Morgan fingerprint density at radius 3 is 2.81 bits per heavy atom. The number of fused-ring (bicyclic) bond motifs is 2. The van der Waals surface area contributed by atoms with Crippen LogP contribution in [0.5, 0.6) is 0 Å². The fourth-order valence-corrected chi connectivity index (χ4v) is 4.52. The predicted molar refractivity (Wildman–Crippen MR) is 91.0 cm³/mol. The Morgan fingerprint density at radius 2 is 2.14 bits per heavy atom. The van der Waals surface area contributed by atoms with Crippen molar-refractivity contribution in [2.24, 2.45) is 17.8 Å². The van der Waals surface area contributed by atoms with E-state index in [1.54, 1.807) is 0 Å². The van der Waals surface area contributed by atoms with Crippen molar-refractivity contribution < 1.29 is 0 Å². The van der Waals surface area contributed by atoms with Gasteiger partial charge in [0.2, 0.25) is 0 Å². The number of hydrogen-bond donors (Lipinski definition) is 1. The largest absolute Gasteiger partial charge is 0.374 e. The third-order valence-electron chi connectivity index (χ3n) is 5.42. The molecule has 2 aliphatic carbocycles. The molecule has 1 aromatic carbocycles. The fraction of sp³-hybridized carbons (Fsp3) is 0.667. The van der Waals surface area contributed by atoms with Crippen molar-refractivity contribution in [1.82, 2.24) is 5.32 Å². The van der Waals surface area contributed by atoms with Gasteiger partial charge in [-0.05, 0) is 61.3 Å². The lowest BCUT2D eigenvalue weighted by molar-refractivity contribution is 0.337. The van der Waals surface area contributed by atoms with Crippen LogP contribution in [0.2, 0.25) is 5.02 Å². The van der Waals surface area contributed by atoms with Crippen LogP contribution in [0.15, 0.2) is 18.2 Å². The van der Waals surface area contributed by atoms with Gasteiger partial charge in [0.1, 0.15) is 0 Å². The lowest BCUT2D eigenvalue weighted by Crippen LogP contribution is -2.29. The van der Waals surface area contributed by atoms with Crippen molar-refractivity contribution in [2.45, 2.75) is 39.2 Å². The summed E-state index contributed by atoms with van der Waals surface area (Å²) >= 11 is 6.23. The first-order valence-corrected chi connectivity index (χ1v) is 8.75. The molecule has 0 heterocycles. The Morgan fingerprint density at radius 1 is 1.29 bits per heavy atom. The van der Waals surface area contributed by atoms with E-state index in [0.29, 0.717) is 0 Å². The summed E-state index contributed by atoms with van der Waals surface area (Å²) in [7, 11) is 2.23. The normalized spacial score (nSPS) is 27.3. The van der Waals surface area contributed by atoms with Gasteiger partial charge < -0.3 is 10.2 Å². The number of anilines is 1. The van der Waals surface area contributed by atoms with Gasteiger partial charge >= 0.3 is 0 Å². The number of rotatable bonds is 6. The van der Waals surface area contributed by atoms with Gasteiger partial charge in [-0.25, -0.2) is 0 Å². The summed E-state index contributed by atoms with van der Waals surface area (Å²) in [6, 6.07) is 6.29. The minimum absolute atomic E-state index is 0.838. The second-order valence-corrected chi connectivity index (χ2v) is 7.31. The molecular weight excluding hydrogens is 280 g/mol. The van der Waals surface area contributed by atoms with E-state index in [1.807, 2.05) is 6.07 Å². The van der Waals surface area contributed by atoms with Crippen LogP contribution in [0.3, 0.4) is 0 Å². The maximum Gasteiger partial charge on any atom is 0.0426 e. The molecule has 2 aliphatic rings. The molecule has 21 heavy (non-hydrogen) atoms. The Hall–Kier alpha value is -0.730. The van der Waals surface area contributed by atoms with Crippen molar-refractivity contribution in [1.29, 1.82) is 0 Å². The molecule has 2 saturated carbocycles. The number of nitrogens with one attached hydrogen (secondary N) is 1. The highest BCUT2D eigenvalue weighted by molar-refractivity contribution is 6.30. The summed E-state index contributed by atoms with van der Waals surface area (Å²) in [6.07, 6.45) is 5.87. The summed E-state index contributed by atoms with van der Waals surface area (Å²) in [5.41, 5.74) is 2.65. The third kappa shape index (κ3) is 3.37. The minimum atomic E-state index is 0.838. The van der Waals surface area contributed by atoms with E-state index >= 15 is 0 Å². The van der Waals surface area contributed by atoms with Crippen LogP contribution in [0.1, 0.15) is 38.2 Å². The summed E-state index contributed by atoms with van der Waals surface area (Å²) in [5.74, 6) is 2.89. The highest BCUT2D eigenvalue weighted by Gasteiger charge is 2.39. The molecule has 0 amide bonds. The van der Waals surface area contributed by atoms with E-state index in [-0.39, 0.29) is 0 Å². The standard InChI is InChI=1S/C18H27ClN2/c1-3-20-11-15-6-7-17(19)10-18(15)21(2)12-16-9-13-4-5-14(16)8-13/h6-7,10,13-14,16,20H,3-5,8-9,11-12H2,1-2H3. The maximum absolute atomic E-state index is 6.23. The third-order valence-corrected chi connectivity index (χ3v) is 5.65. The van der Waals surface area contributed by atoms with Gasteiger partial charge in [-0.15, -0.1) is 0 Å². The predicted octanol–water partition coefficient (Wildman–Crippen LogP) is 4.32. The number of hydrogen-bond acceptors (Lipinski definition) is 2. The molecule has 0 saturated heterocycles. The first-order chi connectivity index (χ1) is 10.2. The zero-order valence-electron chi connectivity index (χ0n) is 13.2. The van der Waals surface area contributed by atoms with Crippen LogP contribution in [0, 0.1) is 17.8 Å². The molecule has 1 N–H and O–H groups in total. The monoisotopic (exact) mass is 306 g/mol. The number of halogens is 1. The van der Waals surface area contributed by atoms with Crippen molar-refractivity contribution in [3.8, 4) is 0 Å². The van der Waals surface area contributed by atoms with Crippen molar-refractivity contribution in [3.63, 3.8) is 0 Å². The minimum Gasteiger partial charge on any atom is -0.374 e. The van der Waals surface area contributed by atoms with Crippen LogP contribution in [-0.4, -0.2) is 20.1 Å². The van der Waals surface area contributed by atoms with Gasteiger partial charge in [0.25, 0.3) is 0 Å². The molecule has 1 aromatic rings. The second-order valence-electron chi connectivity index (χ2n) is 6.87. The molecule has 3 atom stereocenters. The summed E-state index contributed by atoms with van der Waals surface area (Å²) in [6.45, 7) is 5.25. The molecule has 0 radical (unpaired) electrons. The van der Waals surface area contributed by atoms with Gasteiger partial charge in [-0.2, -0.15) is 0 Å². The quantitative estimate of drug-likeness (QED) is 0.842. The van der Waals surface area contributed by atoms with Crippen molar-refractivity contribution in [3.05, 3.63) is 28.8 Å². The van der Waals surface area contributed by atoms with E-state index in [4.69, 9.17) is 11.6 Å². The van der Waals surface area contributed by atoms with E-state index in [2.05, 4.69) is 36.3 Å². The van der Waals surface area contributed by atoms with Crippen molar-refractivity contribution >= 4 is 17.3 Å². The van der Waals surface area contributed by atoms with E-state index in [0.717, 1.165) is 35.9 Å². The molecule has 3 unspecified atom stereocenters. The molecule has 0 aromatic heterocycles. The molecule has 0 spiro atoms. The van der Waals surface area contributed by atoms with Crippen LogP contribution in [0.4, 0.5) is 5.69 Å². The molecule has 3 heteroatoms. The SMILES string of the molecule is CCNCc1ccc(Cl)cc1N(C)CC1CC2CCC1C2. The second kappa shape index (κ2) is 6.58. The Bertz CT molecular complexity index is 488. The number of benzene rings is 1. The average Bonchev–Trinajstić information content (AvgIpc) is 3.08.